The smallest absolute Gasteiger partial charge is 0.141 e. The number of nitrogens with zero attached hydrogens (tertiary/aromatic N) is 1. The Balaban J connectivity index is 2.26. The molecular formula is C14H12Cl3FN2. The van der Waals surface area contributed by atoms with Crippen molar-refractivity contribution < 1.29 is 4.39 Å². The number of nitrogens with one attached hydrogen (secondary N) is 1. The molecule has 0 saturated heterocycles. The molecular weight excluding hydrogens is 322 g/mol. The van der Waals surface area contributed by atoms with Crippen molar-refractivity contribution >= 4 is 40.5 Å². The first-order chi connectivity index (χ1) is 9.51. The van der Waals surface area contributed by atoms with Crippen LogP contribution in [0, 0.1) is 5.82 Å². The molecule has 2 rings (SSSR count). The Morgan fingerprint density at radius 2 is 1.85 bits per heavy atom. The SMILES string of the molecule is CCC(Nc1cc(Cl)c(Cl)cc1Cl)c1ccc(F)cn1. The lowest BCUT2D eigenvalue weighted by Crippen LogP contribution is -2.11. The van der Waals surface area contributed by atoms with Gasteiger partial charge in [-0.1, -0.05) is 41.7 Å². The van der Waals surface area contributed by atoms with Crippen LogP contribution in [-0.4, -0.2) is 4.98 Å². The highest BCUT2D eigenvalue weighted by Crippen LogP contribution is 2.34. The lowest BCUT2D eigenvalue weighted by atomic mass is 10.1. The standard InChI is InChI=1S/C14H12Cl3FN2/c1-2-12(13-4-3-8(18)7-19-13)20-14-6-10(16)9(15)5-11(14)17/h3-7,12,20H,2H2,1H3. The van der Waals surface area contributed by atoms with Crippen molar-refractivity contribution in [1.29, 1.82) is 0 Å². The van der Waals surface area contributed by atoms with E-state index >= 15 is 0 Å². The first-order valence-electron chi connectivity index (χ1n) is 6.03. The van der Waals surface area contributed by atoms with Gasteiger partial charge in [-0.05, 0) is 30.7 Å². The molecule has 0 saturated carbocycles. The second kappa shape index (κ2) is 6.61. The molecule has 1 N–H and O–H groups in total. The molecule has 0 fully saturated rings. The van der Waals surface area contributed by atoms with Crippen molar-refractivity contribution in [3.8, 4) is 0 Å². The second-order valence-electron chi connectivity index (χ2n) is 4.25. The summed E-state index contributed by atoms with van der Waals surface area (Å²) in [5.74, 6) is -0.365. The number of halogens is 4. The van der Waals surface area contributed by atoms with Gasteiger partial charge in [0, 0.05) is 0 Å². The van der Waals surface area contributed by atoms with E-state index in [-0.39, 0.29) is 11.9 Å². The summed E-state index contributed by atoms with van der Waals surface area (Å²) in [5.41, 5.74) is 1.40. The Bertz CT molecular complexity index is 602. The van der Waals surface area contributed by atoms with Gasteiger partial charge in [0.1, 0.15) is 5.82 Å². The van der Waals surface area contributed by atoms with E-state index in [1.807, 2.05) is 6.92 Å². The molecule has 106 valence electrons. The van der Waals surface area contributed by atoms with Gasteiger partial charge in [-0.25, -0.2) is 4.39 Å². The first-order valence-corrected chi connectivity index (χ1v) is 7.17. The van der Waals surface area contributed by atoms with E-state index < -0.39 is 0 Å². The average molecular weight is 334 g/mol. The van der Waals surface area contributed by atoms with E-state index in [2.05, 4.69) is 10.3 Å². The molecule has 6 heteroatoms. The highest BCUT2D eigenvalue weighted by molar-refractivity contribution is 6.44. The van der Waals surface area contributed by atoms with Gasteiger partial charge in [0.15, 0.2) is 0 Å². The number of benzene rings is 1. The van der Waals surface area contributed by atoms with Crippen LogP contribution < -0.4 is 5.32 Å². The number of rotatable bonds is 4. The summed E-state index contributed by atoms with van der Waals surface area (Å²) in [7, 11) is 0. The maximum atomic E-state index is 12.9. The van der Waals surface area contributed by atoms with Crippen LogP contribution in [0.25, 0.3) is 0 Å². The fourth-order valence-electron chi connectivity index (χ4n) is 1.80. The summed E-state index contributed by atoms with van der Waals surface area (Å²) in [4.78, 5) is 4.08. The maximum absolute atomic E-state index is 12.9. The van der Waals surface area contributed by atoms with Crippen LogP contribution in [0.3, 0.4) is 0 Å². The van der Waals surface area contributed by atoms with Gasteiger partial charge in [-0.15, -0.1) is 0 Å². The second-order valence-corrected chi connectivity index (χ2v) is 5.47. The topological polar surface area (TPSA) is 24.9 Å². The molecule has 1 atom stereocenters. The third kappa shape index (κ3) is 3.54. The molecule has 0 radical (unpaired) electrons. The molecule has 1 aromatic carbocycles. The summed E-state index contributed by atoms with van der Waals surface area (Å²) in [5, 5.41) is 4.53. The maximum Gasteiger partial charge on any atom is 0.141 e. The van der Waals surface area contributed by atoms with Gasteiger partial charge in [0.25, 0.3) is 0 Å². The summed E-state index contributed by atoms with van der Waals surface area (Å²) < 4.78 is 12.9. The zero-order chi connectivity index (χ0) is 14.7. The molecule has 0 spiro atoms. The lowest BCUT2D eigenvalue weighted by Gasteiger charge is -2.19. The van der Waals surface area contributed by atoms with E-state index in [0.717, 1.165) is 12.1 Å². The van der Waals surface area contributed by atoms with Gasteiger partial charge in [-0.2, -0.15) is 0 Å². The molecule has 2 aromatic rings. The summed E-state index contributed by atoms with van der Waals surface area (Å²) in [6.07, 6.45) is 1.95. The van der Waals surface area contributed by atoms with Crippen LogP contribution in [0.1, 0.15) is 25.1 Å². The minimum absolute atomic E-state index is 0.0923. The van der Waals surface area contributed by atoms with Crippen LogP contribution in [0.15, 0.2) is 30.5 Å². The highest BCUT2D eigenvalue weighted by atomic mass is 35.5. The number of anilines is 1. The third-order valence-electron chi connectivity index (χ3n) is 2.86. The van der Waals surface area contributed by atoms with E-state index in [1.165, 1.54) is 12.3 Å². The molecule has 20 heavy (non-hydrogen) atoms. The lowest BCUT2D eigenvalue weighted by molar-refractivity contribution is 0.614. The predicted octanol–water partition coefficient (Wildman–Crippen LogP) is 5.74. The Morgan fingerprint density at radius 3 is 2.45 bits per heavy atom. The van der Waals surface area contributed by atoms with E-state index in [0.29, 0.717) is 20.8 Å². The fraction of sp³-hybridized carbons (Fsp3) is 0.214. The van der Waals surface area contributed by atoms with Crippen molar-refractivity contribution in [3.05, 3.63) is 57.0 Å². The van der Waals surface area contributed by atoms with Crippen molar-refractivity contribution in [3.63, 3.8) is 0 Å². The fourth-order valence-corrected chi connectivity index (χ4v) is 2.40. The summed E-state index contributed by atoms with van der Waals surface area (Å²) in [6, 6.07) is 6.17. The zero-order valence-electron chi connectivity index (χ0n) is 10.6. The van der Waals surface area contributed by atoms with Crippen molar-refractivity contribution in [2.24, 2.45) is 0 Å². The number of pyridine rings is 1. The molecule has 0 aliphatic rings. The Hall–Kier alpha value is -1.03. The zero-order valence-corrected chi connectivity index (χ0v) is 12.9. The van der Waals surface area contributed by atoms with Gasteiger partial charge >= 0.3 is 0 Å². The molecule has 1 heterocycles. The quantitative estimate of drug-likeness (QED) is 0.721. The van der Waals surface area contributed by atoms with Gasteiger partial charge in [0.2, 0.25) is 0 Å². The molecule has 0 aliphatic carbocycles. The van der Waals surface area contributed by atoms with Gasteiger partial charge < -0.3 is 5.32 Å². The number of hydrogen-bond acceptors (Lipinski definition) is 2. The van der Waals surface area contributed by atoms with Crippen LogP contribution in [0.2, 0.25) is 15.1 Å². The summed E-state index contributed by atoms with van der Waals surface area (Å²) in [6.45, 7) is 1.99. The highest BCUT2D eigenvalue weighted by Gasteiger charge is 2.14. The largest absolute Gasteiger partial charge is 0.375 e. The van der Waals surface area contributed by atoms with Gasteiger partial charge in [0.05, 0.1) is 38.7 Å². The van der Waals surface area contributed by atoms with Gasteiger partial charge in [-0.3, -0.25) is 4.98 Å². The molecule has 1 aromatic heterocycles. The van der Waals surface area contributed by atoms with Crippen LogP contribution in [-0.2, 0) is 0 Å². The molecule has 1 unspecified atom stereocenters. The monoisotopic (exact) mass is 332 g/mol. The molecule has 0 bridgehead atoms. The minimum Gasteiger partial charge on any atom is -0.375 e. The van der Waals surface area contributed by atoms with Crippen molar-refractivity contribution in [1.82, 2.24) is 4.98 Å². The van der Waals surface area contributed by atoms with E-state index in [9.17, 15) is 4.39 Å². The predicted molar refractivity (Wildman–Crippen MR) is 82.3 cm³/mol. The molecule has 2 nitrogen and oxygen atoms in total. The normalized spacial score (nSPS) is 12.2. The van der Waals surface area contributed by atoms with E-state index in [1.54, 1.807) is 18.2 Å². The Kier molecular flexibility index (Phi) is 5.08. The third-order valence-corrected chi connectivity index (χ3v) is 3.89. The molecule has 0 aliphatic heterocycles. The van der Waals surface area contributed by atoms with E-state index in [4.69, 9.17) is 34.8 Å². The van der Waals surface area contributed by atoms with Crippen molar-refractivity contribution in [2.75, 3.05) is 5.32 Å². The molecule has 0 amide bonds. The average Bonchev–Trinajstić information content (AvgIpc) is 2.42. The first kappa shape index (κ1) is 15.4. The number of aromatic nitrogens is 1. The van der Waals surface area contributed by atoms with Crippen LogP contribution >= 0.6 is 34.8 Å². The van der Waals surface area contributed by atoms with Crippen molar-refractivity contribution in [2.45, 2.75) is 19.4 Å². The Labute approximate surface area is 131 Å². The van der Waals surface area contributed by atoms with Crippen LogP contribution in [0.4, 0.5) is 10.1 Å². The summed E-state index contributed by atoms with van der Waals surface area (Å²) >= 11 is 18.0. The number of hydrogen-bond donors (Lipinski definition) is 1. The Morgan fingerprint density at radius 1 is 1.15 bits per heavy atom. The van der Waals surface area contributed by atoms with Crippen LogP contribution in [0.5, 0.6) is 0 Å². The minimum atomic E-state index is -0.365.